The van der Waals surface area contributed by atoms with Crippen LogP contribution in [0.4, 0.5) is 0 Å². The van der Waals surface area contributed by atoms with Crippen LogP contribution < -0.4 is 4.74 Å². The van der Waals surface area contributed by atoms with Gasteiger partial charge in [-0.3, -0.25) is 4.90 Å². The third kappa shape index (κ3) is 4.11. The summed E-state index contributed by atoms with van der Waals surface area (Å²) in [5.74, 6) is 2.20. The van der Waals surface area contributed by atoms with Crippen molar-refractivity contribution in [2.75, 3.05) is 14.2 Å². The molecule has 2 aromatic carbocycles. The standard InChI is InChI=1S/C21H25N3O2/c1-14-7-6-8-18(9-14)21-22-19(26-23-21)13-24(4)12-17-10-15(2)20(25-5)16(3)11-17/h6-11H,12-13H2,1-5H3. The van der Waals surface area contributed by atoms with Crippen LogP contribution in [0.3, 0.4) is 0 Å². The lowest BCUT2D eigenvalue weighted by molar-refractivity contribution is 0.260. The molecule has 1 aromatic heterocycles. The molecule has 0 saturated heterocycles. The van der Waals surface area contributed by atoms with Crippen molar-refractivity contribution in [3.05, 3.63) is 64.5 Å². The molecule has 0 amide bonds. The van der Waals surface area contributed by atoms with Crippen LogP contribution >= 0.6 is 0 Å². The smallest absolute Gasteiger partial charge is 0.241 e. The minimum absolute atomic E-state index is 0.600. The summed E-state index contributed by atoms with van der Waals surface area (Å²) in [6.07, 6.45) is 0. The molecule has 26 heavy (non-hydrogen) atoms. The Balaban J connectivity index is 1.68. The molecule has 0 aliphatic heterocycles. The summed E-state index contributed by atoms with van der Waals surface area (Å²) in [4.78, 5) is 6.69. The van der Waals surface area contributed by atoms with Crippen LogP contribution in [-0.4, -0.2) is 29.2 Å². The van der Waals surface area contributed by atoms with Crippen LogP contribution in [0.15, 0.2) is 40.9 Å². The van der Waals surface area contributed by atoms with Crippen LogP contribution in [0.25, 0.3) is 11.4 Å². The Morgan fingerprint density at radius 2 is 1.77 bits per heavy atom. The molecule has 0 unspecified atom stereocenters. The summed E-state index contributed by atoms with van der Waals surface area (Å²) in [5, 5.41) is 4.11. The molecule has 0 aliphatic rings. The fourth-order valence-electron chi connectivity index (χ4n) is 3.27. The first kappa shape index (κ1) is 18.1. The van der Waals surface area contributed by atoms with E-state index in [2.05, 4.69) is 60.1 Å². The van der Waals surface area contributed by atoms with Crippen molar-refractivity contribution in [3.63, 3.8) is 0 Å². The Labute approximate surface area is 154 Å². The van der Waals surface area contributed by atoms with Gasteiger partial charge in [0.2, 0.25) is 11.7 Å². The molecule has 136 valence electrons. The molecular weight excluding hydrogens is 326 g/mol. The largest absolute Gasteiger partial charge is 0.496 e. The van der Waals surface area contributed by atoms with Crippen LogP contribution in [-0.2, 0) is 13.1 Å². The Morgan fingerprint density at radius 3 is 2.42 bits per heavy atom. The lowest BCUT2D eigenvalue weighted by Crippen LogP contribution is -2.17. The summed E-state index contributed by atoms with van der Waals surface area (Å²) in [6, 6.07) is 12.4. The summed E-state index contributed by atoms with van der Waals surface area (Å²) in [7, 11) is 3.76. The summed E-state index contributed by atoms with van der Waals surface area (Å²) in [6.45, 7) is 7.59. The fraction of sp³-hybridized carbons (Fsp3) is 0.333. The summed E-state index contributed by atoms with van der Waals surface area (Å²) < 4.78 is 10.9. The van der Waals surface area contributed by atoms with E-state index >= 15 is 0 Å². The maximum atomic E-state index is 5.44. The van der Waals surface area contributed by atoms with Gasteiger partial charge in [0.1, 0.15) is 5.75 Å². The number of benzene rings is 2. The van der Waals surface area contributed by atoms with Gasteiger partial charge in [-0.15, -0.1) is 0 Å². The molecule has 0 fully saturated rings. The van der Waals surface area contributed by atoms with Crippen molar-refractivity contribution in [1.82, 2.24) is 15.0 Å². The van der Waals surface area contributed by atoms with Gasteiger partial charge in [-0.2, -0.15) is 4.98 Å². The van der Waals surface area contributed by atoms with Gasteiger partial charge in [-0.25, -0.2) is 0 Å². The van der Waals surface area contributed by atoms with Gasteiger partial charge in [0.15, 0.2) is 0 Å². The Morgan fingerprint density at radius 1 is 1.04 bits per heavy atom. The van der Waals surface area contributed by atoms with Crippen molar-refractivity contribution in [3.8, 4) is 17.1 Å². The molecule has 0 aliphatic carbocycles. The number of rotatable bonds is 6. The monoisotopic (exact) mass is 351 g/mol. The first-order valence-electron chi connectivity index (χ1n) is 8.68. The average molecular weight is 351 g/mol. The predicted octanol–water partition coefficient (Wildman–Crippen LogP) is 4.30. The zero-order valence-electron chi connectivity index (χ0n) is 16.0. The van der Waals surface area contributed by atoms with E-state index < -0.39 is 0 Å². The second-order valence-electron chi connectivity index (χ2n) is 6.82. The van der Waals surface area contributed by atoms with E-state index in [0.717, 1.165) is 29.0 Å². The summed E-state index contributed by atoms with van der Waals surface area (Å²) >= 11 is 0. The van der Waals surface area contributed by atoms with Crippen molar-refractivity contribution >= 4 is 0 Å². The number of aryl methyl sites for hydroxylation is 3. The third-order valence-corrected chi connectivity index (χ3v) is 4.33. The van der Waals surface area contributed by atoms with Gasteiger partial charge in [-0.1, -0.05) is 41.1 Å². The van der Waals surface area contributed by atoms with Crippen molar-refractivity contribution in [2.45, 2.75) is 33.9 Å². The van der Waals surface area contributed by atoms with Crippen LogP contribution in [0.1, 0.15) is 28.1 Å². The predicted molar refractivity (Wildman–Crippen MR) is 102 cm³/mol. The van der Waals surface area contributed by atoms with E-state index in [1.54, 1.807) is 7.11 Å². The summed E-state index contributed by atoms with van der Waals surface area (Å²) in [5.41, 5.74) is 5.69. The Bertz CT molecular complexity index is 879. The van der Waals surface area contributed by atoms with Gasteiger partial charge in [-0.05, 0) is 50.6 Å². The van der Waals surface area contributed by atoms with Crippen molar-refractivity contribution in [1.29, 1.82) is 0 Å². The topological polar surface area (TPSA) is 51.4 Å². The number of methoxy groups -OCH3 is 1. The molecule has 5 heteroatoms. The highest BCUT2D eigenvalue weighted by atomic mass is 16.5. The molecule has 0 spiro atoms. The third-order valence-electron chi connectivity index (χ3n) is 4.33. The molecular formula is C21H25N3O2. The van der Waals surface area contributed by atoms with Gasteiger partial charge < -0.3 is 9.26 Å². The molecule has 0 bridgehead atoms. The quantitative estimate of drug-likeness (QED) is 0.663. The van der Waals surface area contributed by atoms with Crippen LogP contribution in [0.2, 0.25) is 0 Å². The highest BCUT2D eigenvalue weighted by Gasteiger charge is 2.12. The number of hydrogen-bond acceptors (Lipinski definition) is 5. The molecule has 3 aromatic rings. The first-order chi connectivity index (χ1) is 12.5. The molecule has 0 atom stereocenters. The zero-order valence-corrected chi connectivity index (χ0v) is 16.0. The number of hydrogen-bond donors (Lipinski definition) is 0. The average Bonchev–Trinajstić information content (AvgIpc) is 3.03. The maximum Gasteiger partial charge on any atom is 0.241 e. The number of aromatic nitrogens is 2. The Hall–Kier alpha value is -2.66. The molecule has 1 heterocycles. The SMILES string of the molecule is COc1c(C)cc(CN(C)Cc2nc(-c3cccc(C)c3)no2)cc1C. The minimum atomic E-state index is 0.600. The van der Waals surface area contributed by atoms with E-state index in [1.807, 2.05) is 19.2 Å². The highest BCUT2D eigenvalue weighted by molar-refractivity contribution is 5.55. The van der Waals surface area contributed by atoms with E-state index in [9.17, 15) is 0 Å². The number of ether oxygens (including phenoxy) is 1. The minimum Gasteiger partial charge on any atom is -0.496 e. The second-order valence-corrected chi connectivity index (χ2v) is 6.82. The van der Waals surface area contributed by atoms with Gasteiger partial charge in [0, 0.05) is 12.1 Å². The van der Waals surface area contributed by atoms with E-state index in [1.165, 1.54) is 11.1 Å². The maximum absolute atomic E-state index is 5.44. The van der Waals surface area contributed by atoms with Gasteiger partial charge in [0.25, 0.3) is 0 Å². The lowest BCUT2D eigenvalue weighted by Gasteiger charge is -2.17. The van der Waals surface area contributed by atoms with Crippen LogP contribution in [0, 0.1) is 20.8 Å². The molecule has 3 rings (SSSR count). The normalized spacial score (nSPS) is 11.2. The fourth-order valence-corrected chi connectivity index (χ4v) is 3.27. The highest BCUT2D eigenvalue weighted by Crippen LogP contribution is 2.25. The van der Waals surface area contributed by atoms with Gasteiger partial charge in [0.05, 0.1) is 13.7 Å². The van der Waals surface area contributed by atoms with Crippen molar-refractivity contribution in [2.24, 2.45) is 0 Å². The van der Waals surface area contributed by atoms with Crippen molar-refractivity contribution < 1.29 is 9.26 Å². The zero-order chi connectivity index (χ0) is 18.7. The van der Waals surface area contributed by atoms with E-state index in [-0.39, 0.29) is 0 Å². The van der Waals surface area contributed by atoms with Gasteiger partial charge >= 0.3 is 0 Å². The lowest BCUT2D eigenvalue weighted by atomic mass is 10.1. The van der Waals surface area contributed by atoms with E-state index in [0.29, 0.717) is 18.3 Å². The molecule has 0 saturated carbocycles. The van der Waals surface area contributed by atoms with Crippen LogP contribution in [0.5, 0.6) is 5.75 Å². The van der Waals surface area contributed by atoms with E-state index in [4.69, 9.17) is 9.26 Å². The first-order valence-corrected chi connectivity index (χ1v) is 8.68. The number of nitrogens with zero attached hydrogens (tertiary/aromatic N) is 3. The molecule has 0 radical (unpaired) electrons. The molecule has 5 nitrogen and oxygen atoms in total. The second kappa shape index (κ2) is 7.70. The molecule has 0 N–H and O–H groups in total. The Kier molecular flexibility index (Phi) is 5.38.